The maximum atomic E-state index is 11.4. The summed E-state index contributed by atoms with van der Waals surface area (Å²) in [5.74, 6) is 23.1. The van der Waals surface area contributed by atoms with E-state index in [1.807, 2.05) is 0 Å². The molecule has 0 aliphatic carbocycles. The van der Waals surface area contributed by atoms with Crippen LogP contribution >= 0.6 is 0 Å². The maximum Gasteiger partial charge on any atom is 0.128 e. The summed E-state index contributed by atoms with van der Waals surface area (Å²) in [5, 5.41) is 54.3. The number of nitrogens with zero attached hydrogens (tertiary/aromatic N) is 5. The molecule has 1 heterocycles. The van der Waals surface area contributed by atoms with E-state index in [0.29, 0.717) is 39.3 Å². The van der Waals surface area contributed by atoms with Crippen molar-refractivity contribution < 1.29 is 25.5 Å². The van der Waals surface area contributed by atoms with Crippen LogP contribution in [0.1, 0.15) is 194 Å². The molecule has 1 saturated heterocycles. The Hall–Kier alpha value is -2.60. The van der Waals surface area contributed by atoms with Crippen molar-refractivity contribution in [3.63, 3.8) is 0 Å². The van der Waals surface area contributed by atoms with Crippen LogP contribution in [0.3, 0.4) is 0 Å². The third-order valence-corrected chi connectivity index (χ3v) is 13.8. The van der Waals surface area contributed by atoms with Crippen molar-refractivity contribution in [2.24, 2.45) is 0 Å². The molecule has 0 saturated carbocycles. The molecular weight excluding hydrogens is 871 g/mol. The predicted molar refractivity (Wildman–Crippen MR) is 295 cm³/mol. The fraction of sp³-hybridized carbons (Fsp3) is 0.833. The number of terminal acetylenes is 1. The van der Waals surface area contributed by atoms with Gasteiger partial charge in [0.1, 0.15) is 6.10 Å². The average Bonchev–Trinajstić information content (AvgIpc) is 3.35. The molecule has 1 rings (SSSR count). The minimum Gasteiger partial charge on any atom is -0.395 e. The lowest BCUT2D eigenvalue weighted by molar-refractivity contribution is 0.0543. The van der Waals surface area contributed by atoms with Gasteiger partial charge in [-0.1, -0.05) is 181 Å². The minimum absolute atomic E-state index is 0.103. The van der Waals surface area contributed by atoms with Gasteiger partial charge in [-0.25, -0.2) is 0 Å². The molecule has 0 bridgehead atoms. The van der Waals surface area contributed by atoms with E-state index in [0.717, 1.165) is 104 Å². The Morgan fingerprint density at radius 2 is 0.729 bits per heavy atom. The van der Waals surface area contributed by atoms with Gasteiger partial charge in [0.2, 0.25) is 0 Å². The Morgan fingerprint density at radius 3 is 1.11 bits per heavy atom. The summed E-state index contributed by atoms with van der Waals surface area (Å²) in [6.45, 7) is 18.2. The van der Waals surface area contributed by atoms with Gasteiger partial charge in [0.05, 0.1) is 24.9 Å². The van der Waals surface area contributed by atoms with Gasteiger partial charge < -0.3 is 25.5 Å². The molecule has 4 atom stereocenters. The number of piperazine rings is 1. The van der Waals surface area contributed by atoms with Crippen molar-refractivity contribution in [2.75, 3.05) is 105 Å². The monoisotopic (exact) mass is 976 g/mol. The summed E-state index contributed by atoms with van der Waals surface area (Å²) >= 11 is 0. The predicted octanol–water partition coefficient (Wildman–Crippen LogP) is 8.19. The van der Waals surface area contributed by atoms with Gasteiger partial charge in [0.15, 0.2) is 0 Å². The Morgan fingerprint density at radius 1 is 0.400 bits per heavy atom. The Labute approximate surface area is 431 Å². The molecule has 0 spiro atoms. The summed E-state index contributed by atoms with van der Waals surface area (Å²) in [5.41, 5.74) is 0. The Bertz CT molecular complexity index is 1500. The van der Waals surface area contributed by atoms with Crippen LogP contribution in [0.2, 0.25) is 0 Å². The molecule has 0 aromatic rings. The molecule has 0 aromatic carbocycles. The van der Waals surface area contributed by atoms with Crippen molar-refractivity contribution in [3.05, 3.63) is 0 Å². The lowest BCUT2D eigenvalue weighted by Gasteiger charge is -2.37. The third-order valence-electron chi connectivity index (χ3n) is 13.8. The smallest absolute Gasteiger partial charge is 0.128 e. The van der Waals surface area contributed by atoms with Crippen LogP contribution in [0.5, 0.6) is 0 Å². The van der Waals surface area contributed by atoms with Crippen LogP contribution in [0.15, 0.2) is 0 Å². The minimum atomic E-state index is -0.948. The molecule has 0 radical (unpaired) electrons. The summed E-state index contributed by atoms with van der Waals surface area (Å²) in [6.07, 6.45) is 35.0. The largest absolute Gasteiger partial charge is 0.395 e. The fourth-order valence-corrected chi connectivity index (χ4v) is 9.38. The number of aliphatic hydroxyl groups is 5. The van der Waals surface area contributed by atoms with E-state index in [9.17, 15) is 25.5 Å². The molecule has 1 aliphatic rings. The fourth-order valence-electron chi connectivity index (χ4n) is 9.38. The first kappa shape index (κ1) is 65.4. The second-order valence-electron chi connectivity index (χ2n) is 20.2. The van der Waals surface area contributed by atoms with Crippen LogP contribution < -0.4 is 0 Å². The highest BCUT2D eigenvalue weighted by Crippen LogP contribution is 2.15. The number of unbranched alkanes of at least 4 members (excludes halogenated alkanes) is 21. The number of hydrogen-bond donors (Lipinski definition) is 5. The van der Waals surface area contributed by atoms with Crippen LogP contribution in [-0.4, -0.2) is 179 Å². The molecule has 0 amide bonds. The highest BCUT2D eigenvalue weighted by molar-refractivity contribution is 5.42. The normalized spacial score (nSPS) is 14.7. The molecule has 1 aliphatic heterocycles. The first-order valence-electron chi connectivity index (χ1n) is 28.6. The van der Waals surface area contributed by atoms with E-state index in [2.05, 4.69) is 98.6 Å². The SMILES string of the molecule is C#CC#CC#CC#CC#CC(O)CN(CCN(CCN1CCN(CCN(CCO)CC(O)CCCCCCCCCC)CC1)CC(O)CCCCCCCCCC)CC(O)CCCCCCCCCC. The van der Waals surface area contributed by atoms with Gasteiger partial charge in [-0.05, 0) is 66.6 Å². The summed E-state index contributed by atoms with van der Waals surface area (Å²) in [7, 11) is 0. The Balaban J connectivity index is 2.88. The van der Waals surface area contributed by atoms with Crippen LogP contribution in [0, 0.1) is 59.7 Å². The molecule has 10 heteroatoms. The maximum absolute atomic E-state index is 11.4. The van der Waals surface area contributed by atoms with E-state index in [4.69, 9.17) is 6.42 Å². The standard InChI is InChI=1S/C60H105N5O5/c1-5-9-13-17-21-25-29-33-37-57(67)53-63(47-45-61-41-43-62(44-42-61)46-48-64(51-52-66)54-58(68)38-34-30-26-22-18-14-10-6-2)49-50-65(55-59(69)39-35-31-27-23-19-15-11-7-3)56-60(70)40-36-32-28-24-20-16-12-8-4/h3,57-60,66-70H,5-6,8-10,12-14,16-18,20-22,24-26,28-30,32-34,36-38,40-56H2,1-2,4H3. The Kier molecular flexibility index (Phi) is 45.5. The average molecular weight is 977 g/mol. The molecule has 5 N–H and O–H groups in total. The molecule has 0 aromatic heterocycles. The quantitative estimate of drug-likeness (QED) is 0.0302. The molecule has 4 unspecified atom stereocenters. The summed E-state index contributed by atoms with van der Waals surface area (Å²) in [4.78, 5) is 11.8. The zero-order valence-corrected chi connectivity index (χ0v) is 45.3. The molecule has 400 valence electrons. The van der Waals surface area contributed by atoms with Crippen molar-refractivity contribution in [1.82, 2.24) is 24.5 Å². The van der Waals surface area contributed by atoms with Crippen LogP contribution in [-0.2, 0) is 0 Å². The van der Waals surface area contributed by atoms with Gasteiger partial charge in [-0.2, -0.15) is 0 Å². The molecule has 1 fully saturated rings. The van der Waals surface area contributed by atoms with Gasteiger partial charge >= 0.3 is 0 Å². The molecule has 70 heavy (non-hydrogen) atoms. The van der Waals surface area contributed by atoms with E-state index >= 15 is 0 Å². The zero-order valence-electron chi connectivity index (χ0n) is 45.3. The number of hydrogen-bond acceptors (Lipinski definition) is 10. The van der Waals surface area contributed by atoms with Crippen LogP contribution in [0.25, 0.3) is 0 Å². The van der Waals surface area contributed by atoms with Crippen molar-refractivity contribution in [1.29, 1.82) is 0 Å². The first-order chi connectivity index (χ1) is 34.2. The summed E-state index contributed by atoms with van der Waals surface area (Å²) in [6, 6.07) is 0. The van der Waals surface area contributed by atoms with E-state index in [1.54, 1.807) is 0 Å². The summed E-state index contributed by atoms with van der Waals surface area (Å²) < 4.78 is 0. The van der Waals surface area contributed by atoms with E-state index < -0.39 is 18.3 Å². The zero-order chi connectivity index (χ0) is 51.0. The van der Waals surface area contributed by atoms with Gasteiger partial charge in [0.25, 0.3) is 0 Å². The topological polar surface area (TPSA) is 117 Å². The lowest BCUT2D eigenvalue weighted by atomic mass is 10.1. The van der Waals surface area contributed by atoms with Crippen molar-refractivity contribution in [3.8, 4) is 59.7 Å². The van der Waals surface area contributed by atoms with Crippen molar-refractivity contribution >= 4 is 0 Å². The molecule has 10 nitrogen and oxygen atoms in total. The first-order valence-corrected chi connectivity index (χ1v) is 28.6. The highest BCUT2D eigenvalue weighted by atomic mass is 16.3. The third kappa shape index (κ3) is 40.9. The van der Waals surface area contributed by atoms with Gasteiger partial charge in [-0.15, -0.1) is 6.42 Å². The van der Waals surface area contributed by atoms with Gasteiger partial charge in [0, 0.05) is 98.2 Å². The number of rotatable bonds is 46. The number of aliphatic hydroxyl groups excluding tert-OH is 5. The van der Waals surface area contributed by atoms with E-state index in [-0.39, 0.29) is 19.3 Å². The van der Waals surface area contributed by atoms with Gasteiger partial charge in [-0.3, -0.25) is 24.5 Å². The lowest BCUT2D eigenvalue weighted by Crippen LogP contribution is -2.51. The van der Waals surface area contributed by atoms with Crippen molar-refractivity contribution in [2.45, 2.75) is 219 Å². The van der Waals surface area contributed by atoms with E-state index in [1.165, 1.54) is 122 Å². The second-order valence-corrected chi connectivity index (χ2v) is 20.2. The molecular formula is C60H105N5O5. The highest BCUT2D eigenvalue weighted by Gasteiger charge is 2.22. The second kappa shape index (κ2) is 48.7. The van der Waals surface area contributed by atoms with Crippen LogP contribution in [0.4, 0.5) is 0 Å².